The van der Waals surface area contributed by atoms with Crippen LogP contribution in [0.2, 0.25) is 0 Å². The second-order valence-electron chi connectivity index (χ2n) is 5.68. The molecular weight excluding hydrogens is 432 g/mol. The highest BCUT2D eigenvalue weighted by atomic mass is 79.9. The molecule has 0 saturated carbocycles. The van der Waals surface area contributed by atoms with Crippen molar-refractivity contribution in [1.29, 1.82) is 0 Å². The third kappa shape index (κ3) is 3.72. The Morgan fingerprint density at radius 1 is 1.19 bits per heavy atom. The number of anilines is 1. The Balaban J connectivity index is 1.60. The number of carbonyl (C=O) groups is 1. The van der Waals surface area contributed by atoms with Crippen LogP contribution in [0.5, 0.6) is 0 Å². The molecule has 0 bridgehead atoms. The maximum absolute atomic E-state index is 13.1. The molecule has 0 atom stereocenters. The number of halogens is 1. The molecule has 0 aliphatic heterocycles. The summed E-state index contributed by atoms with van der Waals surface area (Å²) in [7, 11) is 0. The van der Waals surface area contributed by atoms with Crippen molar-refractivity contribution in [2.75, 3.05) is 11.4 Å². The van der Waals surface area contributed by atoms with Gasteiger partial charge in [0.05, 0.1) is 25.2 Å². The SMILES string of the molecule is O=C(c1ccc(Br)s1)N(CCCn1ccnc1)c1nc2ccccc2s1. The van der Waals surface area contributed by atoms with Crippen molar-refractivity contribution in [3.05, 3.63) is 63.8 Å². The number of hydrogen-bond donors (Lipinski definition) is 0. The van der Waals surface area contributed by atoms with Crippen molar-refractivity contribution in [2.45, 2.75) is 13.0 Å². The van der Waals surface area contributed by atoms with Gasteiger partial charge in [-0.2, -0.15) is 0 Å². The normalized spacial score (nSPS) is 11.1. The van der Waals surface area contributed by atoms with E-state index >= 15 is 0 Å². The molecule has 1 aromatic carbocycles. The number of aryl methyl sites for hydroxylation is 1. The predicted molar refractivity (Wildman–Crippen MR) is 110 cm³/mol. The molecule has 0 spiro atoms. The van der Waals surface area contributed by atoms with Gasteiger partial charge >= 0.3 is 0 Å². The van der Waals surface area contributed by atoms with Crippen LogP contribution in [0.3, 0.4) is 0 Å². The first-order valence-electron chi connectivity index (χ1n) is 8.09. The zero-order valence-corrected chi connectivity index (χ0v) is 16.9. The second kappa shape index (κ2) is 7.69. The summed E-state index contributed by atoms with van der Waals surface area (Å²) in [5.74, 6) is -0.00890. The number of thiophene rings is 1. The number of nitrogens with zero attached hydrogens (tertiary/aromatic N) is 4. The van der Waals surface area contributed by atoms with Crippen LogP contribution in [0.25, 0.3) is 10.2 Å². The molecule has 3 heterocycles. The minimum atomic E-state index is -0.00890. The van der Waals surface area contributed by atoms with Gasteiger partial charge in [0.15, 0.2) is 5.13 Å². The molecule has 4 rings (SSSR count). The molecule has 0 aliphatic rings. The van der Waals surface area contributed by atoms with E-state index in [1.807, 2.05) is 47.2 Å². The number of para-hydroxylation sites is 1. The monoisotopic (exact) mass is 446 g/mol. The summed E-state index contributed by atoms with van der Waals surface area (Å²) in [5, 5.41) is 0.742. The van der Waals surface area contributed by atoms with Gasteiger partial charge in [0.1, 0.15) is 0 Å². The molecule has 8 heteroatoms. The molecule has 132 valence electrons. The molecule has 26 heavy (non-hydrogen) atoms. The Morgan fingerprint density at radius 2 is 2.08 bits per heavy atom. The number of aromatic nitrogens is 3. The number of amides is 1. The summed E-state index contributed by atoms with van der Waals surface area (Å²) >= 11 is 6.43. The zero-order valence-electron chi connectivity index (χ0n) is 13.7. The Hall–Kier alpha value is -2.03. The average Bonchev–Trinajstić information content (AvgIpc) is 3.38. The van der Waals surface area contributed by atoms with Crippen LogP contribution in [0.15, 0.2) is 58.9 Å². The Morgan fingerprint density at radius 3 is 2.81 bits per heavy atom. The van der Waals surface area contributed by atoms with Gasteiger partial charge in [-0.25, -0.2) is 9.97 Å². The molecule has 0 saturated heterocycles. The maximum atomic E-state index is 13.1. The summed E-state index contributed by atoms with van der Waals surface area (Å²) in [5.41, 5.74) is 0.923. The summed E-state index contributed by atoms with van der Waals surface area (Å²) < 4.78 is 4.05. The van der Waals surface area contributed by atoms with Crippen molar-refractivity contribution < 1.29 is 4.79 Å². The summed E-state index contributed by atoms with van der Waals surface area (Å²) in [6.45, 7) is 1.41. The molecule has 1 amide bonds. The fourth-order valence-electron chi connectivity index (χ4n) is 2.65. The lowest BCUT2D eigenvalue weighted by atomic mass is 10.3. The van der Waals surface area contributed by atoms with Gasteiger partial charge in [-0.15, -0.1) is 11.3 Å². The van der Waals surface area contributed by atoms with E-state index in [0.29, 0.717) is 11.4 Å². The lowest BCUT2D eigenvalue weighted by Crippen LogP contribution is -2.31. The lowest BCUT2D eigenvalue weighted by Gasteiger charge is -2.19. The van der Waals surface area contributed by atoms with Gasteiger partial charge in [0, 0.05) is 25.5 Å². The van der Waals surface area contributed by atoms with E-state index in [4.69, 9.17) is 0 Å². The van der Waals surface area contributed by atoms with E-state index < -0.39 is 0 Å². The lowest BCUT2D eigenvalue weighted by molar-refractivity contribution is 0.0990. The predicted octanol–water partition coefficient (Wildman–Crippen LogP) is 5.05. The first-order valence-corrected chi connectivity index (χ1v) is 10.5. The zero-order chi connectivity index (χ0) is 17.9. The fourth-order valence-corrected chi connectivity index (χ4v) is 4.98. The van der Waals surface area contributed by atoms with Gasteiger partial charge < -0.3 is 4.57 Å². The average molecular weight is 447 g/mol. The van der Waals surface area contributed by atoms with Crippen LogP contribution in [-0.4, -0.2) is 27.0 Å². The molecule has 4 aromatic rings. The molecule has 5 nitrogen and oxygen atoms in total. The number of imidazole rings is 1. The van der Waals surface area contributed by atoms with Gasteiger partial charge in [-0.3, -0.25) is 9.69 Å². The Kier molecular flexibility index (Phi) is 5.14. The van der Waals surface area contributed by atoms with Crippen molar-refractivity contribution in [2.24, 2.45) is 0 Å². The van der Waals surface area contributed by atoms with Crippen LogP contribution in [0.4, 0.5) is 5.13 Å². The summed E-state index contributed by atoms with van der Waals surface area (Å²) in [6.07, 6.45) is 6.31. The van der Waals surface area contributed by atoms with E-state index in [1.54, 1.807) is 28.8 Å². The molecule has 3 aromatic heterocycles. The van der Waals surface area contributed by atoms with Crippen molar-refractivity contribution in [1.82, 2.24) is 14.5 Å². The molecule has 0 N–H and O–H groups in total. The second-order valence-corrected chi connectivity index (χ2v) is 9.15. The van der Waals surface area contributed by atoms with E-state index in [1.165, 1.54) is 11.3 Å². The first kappa shape index (κ1) is 17.4. The number of thiazole rings is 1. The summed E-state index contributed by atoms with van der Waals surface area (Å²) in [4.78, 5) is 24.3. The van der Waals surface area contributed by atoms with E-state index in [-0.39, 0.29) is 5.91 Å². The minimum Gasteiger partial charge on any atom is -0.337 e. The third-order valence-corrected chi connectivity index (χ3v) is 6.57. The smallest absolute Gasteiger partial charge is 0.270 e. The van der Waals surface area contributed by atoms with Crippen LogP contribution in [-0.2, 0) is 6.54 Å². The topological polar surface area (TPSA) is 51.0 Å². The molecular formula is C18H15BrN4OS2. The molecule has 0 aliphatic carbocycles. The molecule has 0 unspecified atom stereocenters. The van der Waals surface area contributed by atoms with Crippen molar-refractivity contribution >= 4 is 59.9 Å². The third-order valence-electron chi connectivity index (χ3n) is 3.90. The first-order chi connectivity index (χ1) is 12.7. The summed E-state index contributed by atoms with van der Waals surface area (Å²) in [6, 6.07) is 11.7. The van der Waals surface area contributed by atoms with Crippen LogP contribution in [0.1, 0.15) is 16.1 Å². The van der Waals surface area contributed by atoms with Gasteiger partial charge in [-0.1, -0.05) is 23.5 Å². The minimum absolute atomic E-state index is 0.00890. The maximum Gasteiger partial charge on any atom is 0.270 e. The van der Waals surface area contributed by atoms with E-state index in [9.17, 15) is 4.79 Å². The number of rotatable bonds is 6. The van der Waals surface area contributed by atoms with E-state index in [0.717, 1.165) is 32.1 Å². The number of carbonyl (C=O) groups excluding carboxylic acids is 1. The van der Waals surface area contributed by atoms with Gasteiger partial charge in [0.25, 0.3) is 5.91 Å². The Bertz CT molecular complexity index is 992. The highest BCUT2D eigenvalue weighted by Gasteiger charge is 2.22. The van der Waals surface area contributed by atoms with Gasteiger partial charge in [0.2, 0.25) is 0 Å². The Labute approximate surface area is 167 Å². The van der Waals surface area contributed by atoms with Crippen LogP contribution >= 0.6 is 38.6 Å². The van der Waals surface area contributed by atoms with E-state index in [2.05, 4.69) is 25.9 Å². The van der Waals surface area contributed by atoms with Gasteiger partial charge in [-0.05, 0) is 46.6 Å². The number of hydrogen-bond acceptors (Lipinski definition) is 5. The fraction of sp³-hybridized carbons (Fsp3) is 0.167. The highest BCUT2D eigenvalue weighted by Crippen LogP contribution is 2.31. The number of benzene rings is 1. The van der Waals surface area contributed by atoms with Crippen molar-refractivity contribution in [3.63, 3.8) is 0 Å². The van der Waals surface area contributed by atoms with Crippen LogP contribution in [0, 0.1) is 0 Å². The standard InChI is InChI=1S/C18H15BrN4OS2/c19-16-7-6-15(25-16)17(24)23(10-3-9-22-11-8-20-12-22)18-21-13-4-1-2-5-14(13)26-18/h1-2,4-8,11-12H,3,9-10H2. The molecule has 0 fully saturated rings. The molecule has 0 radical (unpaired) electrons. The van der Waals surface area contributed by atoms with Crippen molar-refractivity contribution in [3.8, 4) is 0 Å². The number of fused-ring (bicyclic) bond motifs is 1. The highest BCUT2D eigenvalue weighted by molar-refractivity contribution is 9.11. The van der Waals surface area contributed by atoms with Crippen LogP contribution < -0.4 is 4.90 Å². The largest absolute Gasteiger partial charge is 0.337 e. The quantitative estimate of drug-likeness (QED) is 0.416.